The van der Waals surface area contributed by atoms with Crippen molar-refractivity contribution in [2.24, 2.45) is 11.8 Å². The van der Waals surface area contributed by atoms with Gasteiger partial charge in [-0.15, -0.1) is 0 Å². The minimum Gasteiger partial charge on any atom is -0.444 e. The highest BCUT2D eigenvalue weighted by Gasteiger charge is 2.37. The molecule has 2 N–H and O–H groups in total. The predicted molar refractivity (Wildman–Crippen MR) is 78.4 cm³/mol. The SMILES string of the molecule is CC(C)(C)OC(=O)N1CC(CON)C(c2ccncc2)C1. The average Bonchev–Trinajstić information content (AvgIpc) is 2.82. The van der Waals surface area contributed by atoms with E-state index in [0.29, 0.717) is 19.7 Å². The lowest BCUT2D eigenvalue weighted by Gasteiger charge is -2.24. The van der Waals surface area contributed by atoms with Gasteiger partial charge in [0.1, 0.15) is 5.60 Å². The zero-order valence-corrected chi connectivity index (χ0v) is 12.8. The molecule has 2 atom stereocenters. The second kappa shape index (κ2) is 6.41. The lowest BCUT2D eigenvalue weighted by molar-refractivity contribution is 0.0274. The third-order valence-electron chi connectivity index (χ3n) is 3.54. The Bertz CT molecular complexity index is 473. The van der Waals surface area contributed by atoms with Crippen LogP contribution in [-0.2, 0) is 9.57 Å². The molecule has 1 saturated heterocycles. The normalized spacial score (nSPS) is 22.4. The molecule has 0 radical (unpaired) electrons. The molecule has 1 fully saturated rings. The molecule has 1 aromatic heterocycles. The van der Waals surface area contributed by atoms with Crippen LogP contribution in [0.2, 0.25) is 0 Å². The van der Waals surface area contributed by atoms with E-state index in [1.807, 2.05) is 32.9 Å². The summed E-state index contributed by atoms with van der Waals surface area (Å²) in [6, 6.07) is 3.93. The molecule has 0 bridgehead atoms. The zero-order chi connectivity index (χ0) is 15.5. The molecule has 2 unspecified atom stereocenters. The first kappa shape index (κ1) is 15.7. The summed E-state index contributed by atoms with van der Waals surface area (Å²) in [5.41, 5.74) is 0.643. The van der Waals surface area contributed by atoms with E-state index in [1.165, 1.54) is 0 Å². The first-order valence-electron chi connectivity index (χ1n) is 7.10. The molecule has 1 aliphatic rings. The van der Waals surface area contributed by atoms with Crippen LogP contribution in [0.25, 0.3) is 0 Å². The van der Waals surface area contributed by atoms with Crippen LogP contribution in [0.15, 0.2) is 24.5 Å². The minimum atomic E-state index is -0.494. The molecule has 0 aliphatic carbocycles. The Labute approximate surface area is 125 Å². The molecule has 21 heavy (non-hydrogen) atoms. The Morgan fingerprint density at radius 3 is 2.62 bits per heavy atom. The average molecular weight is 293 g/mol. The molecule has 116 valence electrons. The Hall–Kier alpha value is -1.66. The van der Waals surface area contributed by atoms with Gasteiger partial charge in [0, 0.05) is 37.3 Å². The second-order valence-corrected chi connectivity index (χ2v) is 6.37. The summed E-state index contributed by atoms with van der Waals surface area (Å²) in [4.78, 5) is 22.8. The summed E-state index contributed by atoms with van der Waals surface area (Å²) < 4.78 is 5.43. The van der Waals surface area contributed by atoms with Crippen LogP contribution in [0.1, 0.15) is 32.3 Å². The number of pyridine rings is 1. The zero-order valence-electron chi connectivity index (χ0n) is 12.8. The van der Waals surface area contributed by atoms with E-state index in [4.69, 9.17) is 15.5 Å². The number of likely N-dealkylation sites (tertiary alicyclic amines) is 1. The maximum absolute atomic E-state index is 12.2. The van der Waals surface area contributed by atoms with Gasteiger partial charge in [-0.1, -0.05) is 0 Å². The van der Waals surface area contributed by atoms with Crippen molar-refractivity contribution in [3.63, 3.8) is 0 Å². The summed E-state index contributed by atoms with van der Waals surface area (Å²) >= 11 is 0. The van der Waals surface area contributed by atoms with Crippen molar-refractivity contribution in [2.75, 3.05) is 19.7 Å². The third kappa shape index (κ3) is 4.15. The lowest BCUT2D eigenvalue weighted by Crippen LogP contribution is -2.35. The molecule has 1 aliphatic heterocycles. The minimum absolute atomic E-state index is 0.157. The van der Waals surface area contributed by atoms with E-state index in [9.17, 15) is 4.79 Å². The Balaban J connectivity index is 2.10. The number of carbonyl (C=O) groups is 1. The molecule has 2 heterocycles. The van der Waals surface area contributed by atoms with Crippen LogP contribution < -0.4 is 5.90 Å². The molecule has 2 rings (SSSR count). The topological polar surface area (TPSA) is 77.7 Å². The Kier molecular flexibility index (Phi) is 4.80. The highest BCUT2D eigenvalue weighted by atomic mass is 16.6. The smallest absolute Gasteiger partial charge is 0.410 e. The summed E-state index contributed by atoms with van der Waals surface area (Å²) in [6.07, 6.45) is 3.22. The van der Waals surface area contributed by atoms with E-state index in [-0.39, 0.29) is 17.9 Å². The number of ether oxygens (including phenoxy) is 1. The van der Waals surface area contributed by atoms with Crippen molar-refractivity contribution in [3.8, 4) is 0 Å². The fourth-order valence-corrected chi connectivity index (χ4v) is 2.63. The van der Waals surface area contributed by atoms with Crippen molar-refractivity contribution >= 4 is 6.09 Å². The summed E-state index contributed by atoms with van der Waals surface area (Å²) in [5.74, 6) is 5.57. The van der Waals surface area contributed by atoms with Gasteiger partial charge >= 0.3 is 6.09 Å². The predicted octanol–water partition coefficient (Wildman–Crippen LogP) is 1.92. The largest absolute Gasteiger partial charge is 0.444 e. The number of hydrogen-bond acceptors (Lipinski definition) is 5. The number of carbonyl (C=O) groups excluding carboxylic acids is 1. The number of nitrogens with two attached hydrogens (primary N) is 1. The molecular weight excluding hydrogens is 270 g/mol. The molecular formula is C15H23N3O3. The van der Waals surface area contributed by atoms with Gasteiger partial charge < -0.3 is 14.5 Å². The van der Waals surface area contributed by atoms with E-state index < -0.39 is 5.60 Å². The lowest BCUT2D eigenvalue weighted by atomic mass is 9.90. The highest BCUT2D eigenvalue weighted by Crippen LogP contribution is 2.33. The molecule has 1 aromatic rings. The summed E-state index contributed by atoms with van der Waals surface area (Å²) in [7, 11) is 0. The number of hydrogen-bond donors (Lipinski definition) is 1. The van der Waals surface area contributed by atoms with E-state index >= 15 is 0 Å². The van der Waals surface area contributed by atoms with Gasteiger partial charge in [-0.25, -0.2) is 10.7 Å². The first-order valence-corrected chi connectivity index (χ1v) is 7.10. The van der Waals surface area contributed by atoms with Crippen molar-refractivity contribution in [1.29, 1.82) is 0 Å². The van der Waals surface area contributed by atoms with Gasteiger partial charge in [-0.05, 0) is 38.5 Å². The van der Waals surface area contributed by atoms with Gasteiger partial charge in [0.15, 0.2) is 0 Å². The first-order chi connectivity index (χ1) is 9.90. The molecule has 1 amide bonds. The molecule has 0 saturated carbocycles. The third-order valence-corrected chi connectivity index (χ3v) is 3.54. The van der Waals surface area contributed by atoms with Crippen LogP contribution in [0.4, 0.5) is 4.79 Å². The van der Waals surface area contributed by atoms with Crippen molar-refractivity contribution in [2.45, 2.75) is 32.3 Å². The second-order valence-electron chi connectivity index (χ2n) is 6.37. The van der Waals surface area contributed by atoms with Crippen LogP contribution in [0, 0.1) is 5.92 Å². The fraction of sp³-hybridized carbons (Fsp3) is 0.600. The number of amides is 1. The van der Waals surface area contributed by atoms with Gasteiger partial charge in [-0.2, -0.15) is 0 Å². The Morgan fingerprint density at radius 1 is 1.38 bits per heavy atom. The van der Waals surface area contributed by atoms with Crippen molar-refractivity contribution in [3.05, 3.63) is 30.1 Å². The van der Waals surface area contributed by atoms with E-state index in [1.54, 1.807) is 17.3 Å². The molecule has 0 spiro atoms. The quantitative estimate of drug-likeness (QED) is 0.861. The van der Waals surface area contributed by atoms with Crippen LogP contribution >= 0.6 is 0 Å². The maximum atomic E-state index is 12.2. The van der Waals surface area contributed by atoms with Gasteiger partial charge in [0.2, 0.25) is 0 Å². The fourth-order valence-electron chi connectivity index (χ4n) is 2.63. The van der Waals surface area contributed by atoms with E-state index in [0.717, 1.165) is 5.56 Å². The number of rotatable bonds is 3. The summed E-state index contributed by atoms with van der Waals surface area (Å²) in [5, 5.41) is 0. The molecule has 0 aromatic carbocycles. The van der Waals surface area contributed by atoms with Crippen LogP contribution in [0.5, 0.6) is 0 Å². The molecule has 6 heteroatoms. The van der Waals surface area contributed by atoms with Crippen LogP contribution in [-0.4, -0.2) is 41.3 Å². The van der Waals surface area contributed by atoms with Crippen molar-refractivity contribution in [1.82, 2.24) is 9.88 Å². The Morgan fingerprint density at radius 2 is 2.05 bits per heavy atom. The number of aromatic nitrogens is 1. The number of nitrogens with zero attached hydrogens (tertiary/aromatic N) is 2. The monoisotopic (exact) mass is 293 g/mol. The van der Waals surface area contributed by atoms with Gasteiger partial charge in [0.05, 0.1) is 6.61 Å². The van der Waals surface area contributed by atoms with Gasteiger partial charge in [-0.3, -0.25) is 4.98 Å². The molecule has 6 nitrogen and oxygen atoms in total. The standard InChI is InChI=1S/C15H23N3O3/c1-15(2,3)21-14(19)18-8-12(10-20-16)13(9-18)11-4-6-17-7-5-11/h4-7,12-13H,8-10,16H2,1-3H3. The summed E-state index contributed by atoms with van der Waals surface area (Å²) in [6.45, 7) is 7.18. The van der Waals surface area contributed by atoms with Crippen molar-refractivity contribution < 1.29 is 14.4 Å². The van der Waals surface area contributed by atoms with Crippen LogP contribution in [0.3, 0.4) is 0 Å². The van der Waals surface area contributed by atoms with Gasteiger partial charge in [0.25, 0.3) is 0 Å². The maximum Gasteiger partial charge on any atom is 0.410 e. The van der Waals surface area contributed by atoms with E-state index in [2.05, 4.69) is 4.98 Å². The highest BCUT2D eigenvalue weighted by molar-refractivity contribution is 5.68.